The van der Waals surface area contributed by atoms with Gasteiger partial charge in [0.25, 0.3) is 0 Å². The number of hydrogen-bond acceptors (Lipinski definition) is 3. The summed E-state index contributed by atoms with van der Waals surface area (Å²) < 4.78 is 1.08. The van der Waals surface area contributed by atoms with Crippen molar-refractivity contribution in [3.63, 3.8) is 0 Å². The van der Waals surface area contributed by atoms with Crippen LogP contribution in [0.25, 0.3) is 0 Å². The van der Waals surface area contributed by atoms with Crippen molar-refractivity contribution < 1.29 is 4.79 Å². The lowest BCUT2D eigenvalue weighted by atomic mass is 9.79. The fourth-order valence-electron chi connectivity index (χ4n) is 3.64. The molecule has 114 valence electrons. The summed E-state index contributed by atoms with van der Waals surface area (Å²) in [5.74, 6) is 1.64. The van der Waals surface area contributed by atoms with Gasteiger partial charge in [0.05, 0.1) is 0 Å². The number of ketones is 1. The van der Waals surface area contributed by atoms with E-state index in [9.17, 15) is 4.79 Å². The quantitative estimate of drug-likeness (QED) is 0.757. The molecule has 0 bridgehead atoms. The first kappa shape index (κ1) is 14.6. The minimum absolute atomic E-state index is 0.150. The predicted octanol–water partition coefficient (Wildman–Crippen LogP) is 4.88. The highest BCUT2D eigenvalue weighted by Gasteiger charge is 2.37. The zero-order chi connectivity index (χ0) is 15.1. The van der Waals surface area contributed by atoms with E-state index in [1.165, 1.54) is 28.3 Å². The summed E-state index contributed by atoms with van der Waals surface area (Å²) in [6.45, 7) is 0. The molecule has 0 radical (unpaired) electrons. The van der Waals surface area contributed by atoms with Gasteiger partial charge >= 0.3 is 0 Å². The van der Waals surface area contributed by atoms with Gasteiger partial charge in [-0.3, -0.25) is 4.79 Å². The van der Waals surface area contributed by atoms with Gasteiger partial charge in [0.2, 0.25) is 0 Å². The minimum Gasteiger partial charge on any atom is -0.361 e. The summed E-state index contributed by atoms with van der Waals surface area (Å²) in [6.07, 6.45) is 5.02. The molecule has 1 aliphatic carbocycles. The van der Waals surface area contributed by atoms with Crippen LogP contribution in [0.4, 0.5) is 0 Å². The second-order valence-electron chi connectivity index (χ2n) is 6.07. The average Bonchev–Trinajstić information content (AvgIpc) is 2.54. The highest BCUT2D eigenvalue weighted by molar-refractivity contribution is 9.10. The van der Waals surface area contributed by atoms with E-state index in [2.05, 4.69) is 45.5 Å². The third-order valence-corrected chi connectivity index (χ3v) is 6.45. The maximum Gasteiger partial charge on any atom is 0.161 e. The number of carbonyl (C=O) groups is 1. The van der Waals surface area contributed by atoms with E-state index in [0.717, 1.165) is 35.1 Å². The highest BCUT2D eigenvalue weighted by Crippen LogP contribution is 2.48. The van der Waals surface area contributed by atoms with Crippen LogP contribution < -0.4 is 5.32 Å². The maximum atomic E-state index is 12.6. The normalized spacial score (nSPS) is 24.8. The van der Waals surface area contributed by atoms with Gasteiger partial charge in [0.1, 0.15) is 0 Å². The van der Waals surface area contributed by atoms with Crippen LogP contribution in [-0.2, 0) is 4.79 Å². The predicted molar refractivity (Wildman–Crippen MR) is 94.6 cm³/mol. The van der Waals surface area contributed by atoms with Crippen LogP contribution in [0.5, 0.6) is 0 Å². The summed E-state index contributed by atoms with van der Waals surface area (Å²) in [4.78, 5) is 14.0. The summed E-state index contributed by atoms with van der Waals surface area (Å²) in [7, 11) is 0. The van der Waals surface area contributed by atoms with E-state index in [4.69, 9.17) is 0 Å². The third kappa shape index (κ3) is 2.46. The van der Waals surface area contributed by atoms with Gasteiger partial charge in [-0.2, -0.15) is 0 Å². The zero-order valence-electron chi connectivity index (χ0n) is 12.3. The van der Waals surface area contributed by atoms with Crippen molar-refractivity contribution in [3.05, 3.63) is 56.2 Å². The van der Waals surface area contributed by atoms with Gasteiger partial charge in [-0.15, -0.1) is 11.8 Å². The number of dihydropyridines is 1. The summed E-state index contributed by atoms with van der Waals surface area (Å²) >= 11 is 5.44. The van der Waals surface area contributed by atoms with Crippen molar-refractivity contribution in [2.45, 2.75) is 38.0 Å². The Morgan fingerprint density at radius 3 is 2.64 bits per heavy atom. The number of benzene rings is 1. The molecule has 0 spiro atoms. The van der Waals surface area contributed by atoms with Gasteiger partial charge in [-0.25, -0.2) is 0 Å². The fourth-order valence-corrected chi connectivity index (χ4v) is 5.16. The molecule has 2 nitrogen and oxygen atoms in total. The first-order chi connectivity index (χ1) is 10.7. The van der Waals surface area contributed by atoms with Gasteiger partial charge in [0, 0.05) is 38.7 Å². The second kappa shape index (κ2) is 5.89. The third-order valence-electron chi connectivity index (χ3n) is 4.64. The van der Waals surface area contributed by atoms with Crippen molar-refractivity contribution >= 4 is 33.5 Å². The molecule has 0 saturated carbocycles. The van der Waals surface area contributed by atoms with Gasteiger partial charge in [0.15, 0.2) is 5.78 Å². The van der Waals surface area contributed by atoms with E-state index in [-0.39, 0.29) is 5.92 Å². The largest absolute Gasteiger partial charge is 0.361 e. The molecule has 0 amide bonds. The van der Waals surface area contributed by atoms with Crippen LogP contribution in [0.15, 0.2) is 50.6 Å². The van der Waals surface area contributed by atoms with Crippen LogP contribution in [0.3, 0.4) is 0 Å². The molecule has 1 aromatic rings. The molecule has 1 aromatic carbocycles. The van der Waals surface area contributed by atoms with Crippen molar-refractivity contribution in [2.24, 2.45) is 0 Å². The maximum absolute atomic E-state index is 12.6. The average molecular weight is 376 g/mol. The fraction of sp³-hybridized carbons (Fsp3) is 0.389. The van der Waals surface area contributed by atoms with E-state index >= 15 is 0 Å². The summed E-state index contributed by atoms with van der Waals surface area (Å²) in [5.41, 5.74) is 4.82. The minimum atomic E-state index is 0.150. The number of halogens is 1. The van der Waals surface area contributed by atoms with Gasteiger partial charge in [-0.05, 0) is 49.1 Å². The van der Waals surface area contributed by atoms with E-state index in [0.29, 0.717) is 12.2 Å². The molecule has 22 heavy (non-hydrogen) atoms. The van der Waals surface area contributed by atoms with Crippen molar-refractivity contribution in [2.75, 3.05) is 5.75 Å². The Kier molecular flexibility index (Phi) is 3.91. The van der Waals surface area contributed by atoms with E-state index in [1.807, 2.05) is 11.8 Å². The van der Waals surface area contributed by atoms with Crippen molar-refractivity contribution in [1.29, 1.82) is 0 Å². The molecular formula is C18H18BrNOS. The Hall–Kier alpha value is -1.00. The Bertz CT molecular complexity index is 690. The lowest BCUT2D eigenvalue weighted by Gasteiger charge is -2.37. The molecule has 4 heteroatoms. The molecular weight excluding hydrogens is 358 g/mol. The Morgan fingerprint density at radius 1 is 1.05 bits per heavy atom. The summed E-state index contributed by atoms with van der Waals surface area (Å²) in [6, 6.07) is 8.48. The highest BCUT2D eigenvalue weighted by atomic mass is 79.9. The molecule has 1 unspecified atom stereocenters. The Balaban J connectivity index is 1.85. The molecule has 0 saturated heterocycles. The molecule has 4 rings (SSSR count). The number of thioether (sulfide) groups is 1. The number of carbonyl (C=O) groups excluding carboxylic acids is 1. The van der Waals surface area contributed by atoms with Crippen LogP contribution in [0.2, 0.25) is 0 Å². The number of nitrogens with one attached hydrogen (secondary N) is 1. The molecule has 2 aliphatic heterocycles. The van der Waals surface area contributed by atoms with Crippen molar-refractivity contribution in [3.8, 4) is 0 Å². The number of Topliss-reactive ketones (excluding diaryl/α,β-unsaturated/α-hetero) is 1. The van der Waals surface area contributed by atoms with Crippen LogP contribution >= 0.6 is 27.7 Å². The first-order valence-corrected chi connectivity index (χ1v) is 9.66. The molecule has 1 N–H and O–H groups in total. The molecule has 0 fully saturated rings. The Morgan fingerprint density at radius 2 is 1.82 bits per heavy atom. The van der Waals surface area contributed by atoms with Crippen molar-refractivity contribution in [1.82, 2.24) is 5.32 Å². The lowest BCUT2D eigenvalue weighted by molar-refractivity contribution is -0.116. The summed E-state index contributed by atoms with van der Waals surface area (Å²) in [5, 5.41) is 3.61. The molecule has 3 aliphatic rings. The molecule has 0 aromatic heterocycles. The van der Waals surface area contributed by atoms with E-state index < -0.39 is 0 Å². The molecule has 2 heterocycles. The van der Waals surface area contributed by atoms with E-state index in [1.54, 1.807) is 0 Å². The number of allylic oxidation sites excluding steroid dienone is 4. The smallest absolute Gasteiger partial charge is 0.161 e. The van der Waals surface area contributed by atoms with Crippen LogP contribution in [0.1, 0.15) is 43.6 Å². The molecule has 1 atom stereocenters. The zero-order valence-corrected chi connectivity index (χ0v) is 14.7. The standard InChI is InChI=1S/C18H18BrNOS/c19-12-8-6-11(7-9-12)16-17-13(3-1-5-15(17)21)20-14-4-2-10-22-18(14)16/h6-9,16,20H,1-5,10H2. The monoisotopic (exact) mass is 375 g/mol. The van der Waals surface area contributed by atoms with Crippen LogP contribution in [0, 0.1) is 0 Å². The van der Waals surface area contributed by atoms with Crippen LogP contribution in [-0.4, -0.2) is 11.5 Å². The topological polar surface area (TPSA) is 29.1 Å². The lowest BCUT2D eigenvalue weighted by Crippen LogP contribution is -2.32. The Labute approximate surface area is 143 Å². The number of hydrogen-bond donors (Lipinski definition) is 1. The van der Waals surface area contributed by atoms with Gasteiger partial charge in [-0.1, -0.05) is 28.1 Å². The van der Waals surface area contributed by atoms with Gasteiger partial charge < -0.3 is 5.32 Å². The first-order valence-electron chi connectivity index (χ1n) is 7.88. The second-order valence-corrected chi connectivity index (χ2v) is 8.13. The number of rotatable bonds is 1. The SMILES string of the molecule is O=C1CCCC2=C1C(c1ccc(Br)cc1)C1=C(CCCS1)N2.